The molecule has 8 nitrogen and oxygen atoms in total. The Morgan fingerprint density at radius 3 is 2.61 bits per heavy atom. The van der Waals surface area contributed by atoms with Gasteiger partial charge in [-0.05, 0) is 54.7 Å². The smallest absolute Gasteiger partial charge is 0.252 e. The van der Waals surface area contributed by atoms with E-state index < -0.39 is 10.0 Å². The molecular weight excluding hydrogens is 476 g/mol. The van der Waals surface area contributed by atoms with Crippen LogP contribution in [0.3, 0.4) is 0 Å². The largest absolute Gasteiger partial charge is 0.379 e. The zero-order chi connectivity index (χ0) is 25.3. The number of benzene rings is 1. The van der Waals surface area contributed by atoms with E-state index in [1.807, 2.05) is 18.2 Å². The molecule has 3 heterocycles. The van der Waals surface area contributed by atoms with Crippen molar-refractivity contribution in [1.29, 1.82) is 0 Å². The Morgan fingerprint density at radius 1 is 1.06 bits per heavy atom. The van der Waals surface area contributed by atoms with Crippen LogP contribution in [0.2, 0.25) is 0 Å². The van der Waals surface area contributed by atoms with Crippen LogP contribution in [0.4, 0.5) is 0 Å². The van der Waals surface area contributed by atoms with Gasteiger partial charge in [0, 0.05) is 30.7 Å². The Labute approximate surface area is 212 Å². The number of nitrogens with one attached hydrogen (secondary N) is 1. The Hall–Kier alpha value is -2.88. The van der Waals surface area contributed by atoms with Gasteiger partial charge in [-0.3, -0.25) is 9.78 Å². The van der Waals surface area contributed by atoms with Gasteiger partial charge in [0.15, 0.2) is 0 Å². The molecule has 1 amide bonds. The zero-order valence-corrected chi connectivity index (χ0v) is 21.5. The lowest BCUT2D eigenvalue weighted by molar-refractivity contribution is 0.0730. The van der Waals surface area contributed by atoms with E-state index in [-0.39, 0.29) is 16.8 Å². The molecule has 3 atom stereocenters. The molecule has 2 aromatic heterocycles. The van der Waals surface area contributed by atoms with Gasteiger partial charge in [-0.25, -0.2) is 13.4 Å². The van der Waals surface area contributed by atoms with E-state index in [9.17, 15) is 13.2 Å². The van der Waals surface area contributed by atoms with E-state index in [2.05, 4.69) is 24.1 Å². The van der Waals surface area contributed by atoms with Crippen molar-refractivity contribution in [2.45, 2.75) is 44.0 Å². The van der Waals surface area contributed by atoms with Gasteiger partial charge in [0.05, 0.1) is 40.6 Å². The molecule has 190 valence electrons. The van der Waals surface area contributed by atoms with Crippen molar-refractivity contribution in [3.8, 4) is 11.4 Å². The summed E-state index contributed by atoms with van der Waals surface area (Å²) in [5, 5.41) is 3.76. The summed E-state index contributed by atoms with van der Waals surface area (Å²) in [7, 11) is -3.72. The first-order valence-corrected chi connectivity index (χ1v) is 14.0. The highest BCUT2D eigenvalue weighted by atomic mass is 32.2. The maximum Gasteiger partial charge on any atom is 0.252 e. The molecule has 1 N–H and O–H groups in total. The molecule has 0 radical (unpaired) electrons. The average Bonchev–Trinajstić information content (AvgIpc) is 2.91. The van der Waals surface area contributed by atoms with Gasteiger partial charge < -0.3 is 10.1 Å². The fourth-order valence-corrected chi connectivity index (χ4v) is 6.60. The van der Waals surface area contributed by atoms with E-state index in [0.29, 0.717) is 66.0 Å². The first-order chi connectivity index (χ1) is 17.3. The van der Waals surface area contributed by atoms with Crippen LogP contribution >= 0.6 is 0 Å². The lowest BCUT2D eigenvalue weighted by Gasteiger charge is -2.34. The van der Waals surface area contributed by atoms with Crippen molar-refractivity contribution in [2.75, 3.05) is 26.3 Å². The number of carbonyl (C=O) groups excluding carboxylic acids is 1. The molecule has 3 unspecified atom stereocenters. The molecule has 1 saturated carbocycles. The summed E-state index contributed by atoms with van der Waals surface area (Å²) in [6.45, 7) is 5.77. The third-order valence-electron chi connectivity index (χ3n) is 7.58. The van der Waals surface area contributed by atoms with Crippen LogP contribution in [0.25, 0.3) is 22.3 Å². The first kappa shape index (κ1) is 24.8. The fourth-order valence-electron chi connectivity index (χ4n) is 5.17. The number of amides is 1. The number of ether oxygens (including phenoxy) is 1. The van der Waals surface area contributed by atoms with Gasteiger partial charge in [0.2, 0.25) is 10.0 Å². The Bertz CT molecular complexity index is 1360. The van der Waals surface area contributed by atoms with E-state index in [0.717, 1.165) is 19.3 Å². The van der Waals surface area contributed by atoms with E-state index in [1.54, 1.807) is 30.5 Å². The molecule has 0 spiro atoms. The van der Waals surface area contributed by atoms with Crippen molar-refractivity contribution in [3.05, 3.63) is 54.2 Å². The van der Waals surface area contributed by atoms with Crippen LogP contribution in [-0.2, 0) is 14.8 Å². The fraction of sp³-hybridized carbons (Fsp3) is 0.444. The molecule has 0 bridgehead atoms. The standard InChI is InChI=1S/C27H32N4O4S/c1-18-6-5-8-23(19(18)2)30-27(32)22-17-26(25-7-3-4-11-28-25)29-24-10-9-20(16-21(22)24)36(33,34)31-12-14-35-15-13-31/h3-4,7,9-11,16-19,23H,5-6,8,12-15H2,1-2H3,(H,30,32). The number of nitrogens with zero attached hydrogens (tertiary/aromatic N) is 3. The number of aromatic nitrogens is 2. The van der Waals surface area contributed by atoms with Crippen molar-refractivity contribution in [3.63, 3.8) is 0 Å². The number of carbonyl (C=O) groups is 1. The first-order valence-electron chi connectivity index (χ1n) is 12.6. The molecule has 1 aliphatic carbocycles. The summed E-state index contributed by atoms with van der Waals surface area (Å²) >= 11 is 0. The Kier molecular flexibility index (Phi) is 7.05. The summed E-state index contributed by atoms with van der Waals surface area (Å²) < 4.78 is 33.4. The van der Waals surface area contributed by atoms with E-state index >= 15 is 0 Å². The summed E-state index contributed by atoms with van der Waals surface area (Å²) in [5.74, 6) is 0.683. The van der Waals surface area contributed by atoms with Gasteiger partial charge in [0.1, 0.15) is 0 Å². The monoisotopic (exact) mass is 508 g/mol. The predicted octanol–water partition coefficient (Wildman–Crippen LogP) is 3.87. The molecule has 5 rings (SSSR count). The van der Waals surface area contributed by atoms with E-state index in [1.165, 1.54) is 4.31 Å². The molecule has 36 heavy (non-hydrogen) atoms. The number of pyridine rings is 2. The minimum absolute atomic E-state index is 0.0723. The number of rotatable bonds is 5. The lowest BCUT2D eigenvalue weighted by Crippen LogP contribution is -2.43. The lowest BCUT2D eigenvalue weighted by atomic mass is 9.78. The molecule has 3 aromatic rings. The molecule has 1 aromatic carbocycles. The third-order valence-corrected chi connectivity index (χ3v) is 9.48. The number of morpholine rings is 1. The minimum Gasteiger partial charge on any atom is -0.379 e. The van der Waals surface area contributed by atoms with Crippen LogP contribution < -0.4 is 5.32 Å². The Morgan fingerprint density at radius 2 is 1.86 bits per heavy atom. The maximum atomic E-state index is 13.7. The van der Waals surface area contributed by atoms with Crippen LogP contribution in [0, 0.1) is 11.8 Å². The SMILES string of the molecule is CC1CCCC(NC(=O)c2cc(-c3ccccn3)nc3ccc(S(=O)(=O)N4CCOCC4)cc23)C1C. The maximum absolute atomic E-state index is 13.7. The highest BCUT2D eigenvalue weighted by Gasteiger charge is 2.30. The number of fused-ring (bicyclic) bond motifs is 1. The van der Waals surface area contributed by atoms with Crippen LogP contribution in [-0.4, -0.2) is 60.9 Å². The molecular formula is C27H32N4O4S. The quantitative estimate of drug-likeness (QED) is 0.561. The number of sulfonamides is 1. The molecule has 1 aliphatic heterocycles. The van der Waals surface area contributed by atoms with E-state index in [4.69, 9.17) is 9.72 Å². The average molecular weight is 509 g/mol. The molecule has 2 fully saturated rings. The number of hydrogen-bond acceptors (Lipinski definition) is 6. The summed E-state index contributed by atoms with van der Waals surface area (Å²) in [6.07, 6.45) is 4.86. The van der Waals surface area contributed by atoms with Crippen LogP contribution in [0.15, 0.2) is 53.6 Å². The molecule has 9 heteroatoms. The van der Waals surface area contributed by atoms with Gasteiger partial charge in [-0.2, -0.15) is 4.31 Å². The second kappa shape index (κ2) is 10.2. The second-order valence-electron chi connectivity index (χ2n) is 9.81. The topological polar surface area (TPSA) is 101 Å². The second-order valence-corrected chi connectivity index (χ2v) is 11.8. The van der Waals surface area contributed by atoms with Gasteiger partial charge in [-0.15, -0.1) is 0 Å². The molecule has 2 aliphatic rings. The summed E-state index contributed by atoms with van der Waals surface area (Å²) in [5.41, 5.74) is 2.18. The predicted molar refractivity (Wildman–Crippen MR) is 138 cm³/mol. The minimum atomic E-state index is -3.72. The van der Waals surface area contributed by atoms with Crippen molar-refractivity contribution >= 4 is 26.8 Å². The van der Waals surface area contributed by atoms with Crippen molar-refractivity contribution in [2.24, 2.45) is 11.8 Å². The number of hydrogen-bond donors (Lipinski definition) is 1. The van der Waals surface area contributed by atoms with Gasteiger partial charge >= 0.3 is 0 Å². The highest BCUT2D eigenvalue weighted by molar-refractivity contribution is 7.89. The molecule has 1 saturated heterocycles. The Balaban J connectivity index is 1.58. The van der Waals surface area contributed by atoms with Crippen molar-refractivity contribution < 1.29 is 17.9 Å². The third kappa shape index (κ3) is 4.87. The highest BCUT2D eigenvalue weighted by Crippen LogP contribution is 2.31. The van der Waals surface area contributed by atoms with Crippen LogP contribution in [0.1, 0.15) is 43.5 Å². The van der Waals surface area contributed by atoms with Gasteiger partial charge in [-0.1, -0.05) is 32.8 Å². The van der Waals surface area contributed by atoms with Crippen molar-refractivity contribution in [1.82, 2.24) is 19.6 Å². The zero-order valence-electron chi connectivity index (χ0n) is 20.7. The summed E-state index contributed by atoms with van der Waals surface area (Å²) in [6, 6.07) is 12.2. The summed E-state index contributed by atoms with van der Waals surface area (Å²) in [4.78, 5) is 23.0. The van der Waals surface area contributed by atoms with Crippen LogP contribution in [0.5, 0.6) is 0 Å². The normalized spacial score (nSPS) is 23.4. The van der Waals surface area contributed by atoms with Gasteiger partial charge in [0.25, 0.3) is 5.91 Å².